The van der Waals surface area contributed by atoms with Gasteiger partial charge in [-0.15, -0.1) is 0 Å². The predicted octanol–water partition coefficient (Wildman–Crippen LogP) is 4.20. The van der Waals surface area contributed by atoms with Crippen LogP contribution in [0.5, 0.6) is 0 Å². The second kappa shape index (κ2) is 40.5. The van der Waals surface area contributed by atoms with Gasteiger partial charge in [-0.25, -0.2) is 4.79 Å². The number of azo groups is 1. The number of carboxylic acids is 2. The minimum atomic E-state index is -1.20. The lowest BCUT2D eigenvalue weighted by molar-refractivity contribution is -0.142. The lowest BCUT2D eigenvalue weighted by Crippen LogP contribution is -2.41. The van der Waals surface area contributed by atoms with Crippen LogP contribution in [0.1, 0.15) is 148 Å². The number of carbonyl (C=O) groups is 6. The molecule has 0 radical (unpaired) electrons. The molecular formula is C45H82N6O14. The number of aliphatic carboxylic acids is 2. The van der Waals surface area contributed by atoms with E-state index in [-0.39, 0.29) is 122 Å². The Balaban J connectivity index is 1.88. The summed E-state index contributed by atoms with van der Waals surface area (Å²) in [6.45, 7) is 2.26. The number of hydrogen-bond acceptors (Lipinski definition) is 14. The van der Waals surface area contributed by atoms with Gasteiger partial charge in [-0.05, 0) is 38.5 Å². The van der Waals surface area contributed by atoms with Gasteiger partial charge in [0, 0.05) is 45.9 Å². The Labute approximate surface area is 385 Å². The van der Waals surface area contributed by atoms with Crippen molar-refractivity contribution < 1.29 is 67.8 Å². The molecule has 4 amide bonds. The molecule has 0 saturated carbocycles. The molecule has 0 bridgehead atoms. The molecule has 1 saturated heterocycles. The number of ether oxygens (including phenoxy) is 5. The lowest BCUT2D eigenvalue weighted by Gasteiger charge is -2.14. The Morgan fingerprint density at radius 1 is 0.538 bits per heavy atom. The number of carboxylic acid groups (broad SMARTS) is 2. The number of nitrogens with zero attached hydrogens (tertiary/aromatic N) is 2. The highest BCUT2D eigenvalue weighted by molar-refractivity contribution is 5.84. The van der Waals surface area contributed by atoms with Crippen molar-refractivity contribution in [3.8, 4) is 0 Å². The summed E-state index contributed by atoms with van der Waals surface area (Å²) in [4.78, 5) is 70.6. The van der Waals surface area contributed by atoms with E-state index >= 15 is 0 Å². The first kappa shape index (κ1) is 59.2. The largest absolute Gasteiger partial charge is 0.481 e. The fourth-order valence-electron chi connectivity index (χ4n) is 6.79. The highest BCUT2D eigenvalue weighted by Gasteiger charge is 2.50. The minimum absolute atomic E-state index is 0.0249. The summed E-state index contributed by atoms with van der Waals surface area (Å²) in [6.07, 6.45) is 20.3. The summed E-state index contributed by atoms with van der Waals surface area (Å²) in [6, 6.07) is -1.54. The van der Waals surface area contributed by atoms with Crippen LogP contribution in [-0.2, 0) is 52.5 Å². The topological polar surface area (TPSA) is 285 Å². The maximum atomic E-state index is 12.4. The molecule has 65 heavy (non-hydrogen) atoms. The van der Waals surface area contributed by atoms with Gasteiger partial charge in [-0.3, -0.25) is 24.0 Å². The smallest absolute Gasteiger partial charge is 0.326 e. The van der Waals surface area contributed by atoms with E-state index < -0.39 is 29.8 Å². The van der Waals surface area contributed by atoms with E-state index in [1.807, 2.05) is 0 Å². The zero-order chi connectivity index (χ0) is 47.6. The first-order valence-electron chi connectivity index (χ1n) is 24.0. The molecule has 3 unspecified atom stereocenters. The molecule has 0 aromatic carbocycles. The zero-order valence-corrected chi connectivity index (χ0v) is 39.1. The molecule has 3 atom stereocenters. The Morgan fingerprint density at radius 3 is 1.45 bits per heavy atom. The second-order valence-corrected chi connectivity index (χ2v) is 16.4. The fourth-order valence-corrected chi connectivity index (χ4v) is 6.79. The average Bonchev–Trinajstić information content (AvgIpc) is 4.03. The van der Waals surface area contributed by atoms with Gasteiger partial charge in [0.05, 0.1) is 39.6 Å². The van der Waals surface area contributed by atoms with Crippen LogP contribution in [0.3, 0.4) is 0 Å². The summed E-state index contributed by atoms with van der Waals surface area (Å²) >= 11 is 0. The summed E-state index contributed by atoms with van der Waals surface area (Å²) in [7, 11) is 1.55. The zero-order valence-electron chi connectivity index (χ0n) is 39.1. The number of nitrogens with one attached hydrogen (secondary N) is 4. The molecule has 376 valence electrons. The van der Waals surface area contributed by atoms with Crippen LogP contribution in [0.15, 0.2) is 10.2 Å². The highest BCUT2D eigenvalue weighted by atomic mass is 16.7. The number of aliphatic hydroxyl groups is 1. The third kappa shape index (κ3) is 37.0. The van der Waals surface area contributed by atoms with Crippen LogP contribution >= 0.6 is 0 Å². The molecule has 1 aliphatic heterocycles. The van der Waals surface area contributed by atoms with Crippen molar-refractivity contribution in [3.05, 3.63) is 0 Å². The average molecular weight is 931 g/mol. The molecule has 1 aliphatic rings. The van der Waals surface area contributed by atoms with Crippen molar-refractivity contribution >= 4 is 35.6 Å². The highest BCUT2D eigenvalue weighted by Crippen LogP contribution is 2.32. The van der Waals surface area contributed by atoms with E-state index in [4.69, 9.17) is 28.8 Å². The number of unbranched alkanes of at least 4 members (excludes halogenated alkanes) is 16. The van der Waals surface area contributed by atoms with E-state index in [0.717, 1.165) is 44.9 Å². The quantitative estimate of drug-likeness (QED) is 0.0256. The first-order valence-corrected chi connectivity index (χ1v) is 24.0. The molecular weight excluding hydrogens is 849 g/mol. The van der Waals surface area contributed by atoms with Crippen molar-refractivity contribution in [3.63, 3.8) is 0 Å². The minimum Gasteiger partial charge on any atom is -0.481 e. The molecule has 20 nitrogen and oxygen atoms in total. The standard InChI is InChI=1S/C45H82N6O14/c1-46-51-38(45(60)36-65-45)20-18-19-25-47-41(54)34-63-32-31-62-29-27-49-42(55)35-64-33-30-61-28-26-48-39(52)24-23-37(44(58)59)50-40(53)21-16-14-12-10-8-6-4-2-3-5-7-9-11-13-15-17-22-43(56)57/h37-38,60H,2-36H2,1H3,(H,47,54)(H,48,52)(H,49,55)(H,50,53)(H,56,57)(H,58,59). The Morgan fingerprint density at radius 2 is 0.985 bits per heavy atom. The van der Waals surface area contributed by atoms with Gasteiger partial charge in [0.25, 0.3) is 0 Å². The maximum absolute atomic E-state index is 12.4. The van der Waals surface area contributed by atoms with E-state index in [0.29, 0.717) is 25.8 Å². The monoisotopic (exact) mass is 931 g/mol. The maximum Gasteiger partial charge on any atom is 0.326 e. The number of epoxide rings is 1. The number of rotatable bonds is 47. The van der Waals surface area contributed by atoms with Crippen molar-refractivity contribution in [1.29, 1.82) is 0 Å². The summed E-state index contributed by atoms with van der Waals surface area (Å²) < 4.78 is 26.4. The third-order valence-corrected chi connectivity index (χ3v) is 10.6. The number of hydrogen-bond donors (Lipinski definition) is 7. The predicted molar refractivity (Wildman–Crippen MR) is 241 cm³/mol. The van der Waals surface area contributed by atoms with E-state index in [2.05, 4.69) is 31.5 Å². The number of carbonyl (C=O) groups excluding carboxylic acids is 4. The molecule has 20 heteroatoms. The van der Waals surface area contributed by atoms with Gasteiger partial charge < -0.3 is 60.3 Å². The van der Waals surface area contributed by atoms with Gasteiger partial charge in [0.1, 0.15) is 31.9 Å². The van der Waals surface area contributed by atoms with E-state index in [1.165, 1.54) is 57.8 Å². The fraction of sp³-hybridized carbons (Fsp3) is 0.867. The van der Waals surface area contributed by atoms with Crippen molar-refractivity contribution in [2.75, 3.05) is 86.1 Å². The molecule has 1 fully saturated rings. The SMILES string of the molecule is CN=NC(CCCCNC(=O)COCCOCCNC(=O)COCCOCCNC(=O)CCC(NC(=O)CCCCCCCCCCCCCCCCCCC(=O)O)C(=O)O)C1(O)CO1. The van der Waals surface area contributed by atoms with Crippen LogP contribution in [0.4, 0.5) is 0 Å². The van der Waals surface area contributed by atoms with Crippen LogP contribution in [-0.4, -0.2) is 155 Å². The first-order chi connectivity index (χ1) is 31.5. The summed E-state index contributed by atoms with van der Waals surface area (Å²) in [5.41, 5.74) is 0. The van der Waals surface area contributed by atoms with Crippen LogP contribution in [0.2, 0.25) is 0 Å². The Bertz CT molecular complexity index is 1320. The van der Waals surface area contributed by atoms with E-state index in [9.17, 15) is 39.0 Å². The summed E-state index contributed by atoms with van der Waals surface area (Å²) in [5, 5.41) is 46.6. The van der Waals surface area contributed by atoms with Gasteiger partial charge in [0.2, 0.25) is 29.4 Å². The lowest BCUT2D eigenvalue weighted by atomic mass is 10.0. The Kier molecular flexibility index (Phi) is 36.8. The molecule has 0 aromatic heterocycles. The van der Waals surface area contributed by atoms with Gasteiger partial charge in [-0.1, -0.05) is 89.9 Å². The van der Waals surface area contributed by atoms with Crippen molar-refractivity contribution in [2.45, 2.75) is 166 Å². The third-order valence-electron chi connectivity index (χ3n) is 10.6. The summed E-state index contributed by atoms with van der Waals surface area (Å²) in [5.74, 6) is -4.32. The molecule has 7 N–H and O–H groups in total. The van der Waals surface area contributed by atoms with Gasteiger partial charge >= 0.3 is 11.9 Å². The van der Waals surface area contributed by atoms with Crippen LogP contribution < -0.4 is 21.3 Å². The molecule has 1 heterocycles. The van der Waals surface area contributed by atoms with Crippen molar-refractivity contribution in [2.24, 2.45) is 10.2 Å². The van der Waals surface area contributed by atoms with Crippen LogP contribution in [0.25, 0.3) is 0 Å². The molecule has 0 aromatic rings. The van der Waals surface area contributed by atoms with Crippen LogP contribution in [0, 0.1) is 0 Å². The molecule has 0 aliphatic carbocycles. The number of amides is 4. The normalized spacial score (nSPS) is 15.4. The van der Waals surface area contributed by atoms with Gasteiger partial charge in [0.15, 0.2) is 0 Å². The second-order valence-electron chi connectivity index (χ2n) is 16.4. The van der Waals surface area contributed by atoms with E-state index in [1.54, 1.807) is 7.05 Å². The van der Waals surface area contributed by atoms with Gasteiger partial charge in [-0.2, -0.15) is 10.2 Å². The Hall–Kier alpha value is -3.82. The molecule has 1 rings (SSSR count). The molecule has 0 spiro atoms. The van der Waals surface area contributed by atoms with Crippen molar-refractivity contribution in [1.82, 2.24) is 21.3 Å².